The van der Waals surface area contributed by atoms with Crippen LogP contribution in [0.2, 0.25) is 0 Å². The predicted octanol–water partition coefficient (Wildman–Crippen LogP) is 8.39. The Morgan fingerprint density at radius 2 is 1.78 bits per heavy atom. The van der Waals surface area contributed by atoms with Crippen LogP contribution in [0.15, 0.2) is 60.8 Å². The molecule has 0 radical (unpaired) electrons. The molecular weight excluding hydrogens is 628 g/mol. The van der Waals surface area contributed by atoms with Crippen LogP contribution in [0.1, 0.15) is 71.1 Å². The number of methoxy groups -OCH3 is 1. The number of piperidine rings is 1. The summed E-state index contributed by atoms with van der Waals surface area (Å²) in [6.07, 6.45) is 6.75. The molecule has 8 nitrogen and oxygen atoms in total. The summed E-state index contributed by atoms with van der Waals surface area (Å²) in [6.45, 7) is 13.5. The second kappa shape index (κ2) is 13.6. The van der Waals surface area contributed by atoms with E-state index in [4.69, 9.17) is 23.9 Å². The van der Waals surface area contributed by atoms with Gasteiger partial charge in [0.15, 0.2) is 17.7 Å². The highest BCUT2D eigenvalue weighted by molar-refractivity contribution is 5.81. The number of aromatic nitrogens is 2. The number of nitrogens with zero attached hydrogens (tertiary/aromatic N) is 3. The first-order valence-corrected chi connectivity index (χ1v) is 16.8. The first-order chi connectivity index (χ1) is 23.2. The monoisotopic (exact) mass is 673 g/mol. The Morgan fingerprint density at radius 3 is 2.49 bits per heavy atom. The number of carbonyl (C=O) groups is 1. The highest BCUT2D eigenvalue weighted by atomic mass is 19.2. The highest BCUT2D eigenvalue weighted by Gasteiger charge is 2.37. The fourth-order valence-electron chi connectivity index (χ4n) is 6.62. The van der Waals surface area contributed by atoms with E-state index in [2.05, 4.69) is 11.8 Å². The Balaban J connectivity index is 1.56. The quantitative estimate of drug-likeness (QED) is 0.160. The summed E-state index contributed by atoms with van der Waals surface area (Å²) in [7, 11) is 1.37. The van der Waals surface area contributed by atoms with Gasteiger partial charge in [-0.1, -0.05) is 30.4 Å². The minimum atomic E-state index is -0.979. The van der Waals surface area contributed by atoms with Crippen molar-refractivity contribution < 1.29 is 32.5 Å². The number of benzene rings is 2. The van der Waals surface area contributed by atoms with Crippen molar-refractivity contribution in [1.82, 2.24) is 9.38 Å². The Labute approximate surface area is 286 Å². The molecule has 2 atom stereocenters. The molecule has 3 aliphatic rings. The lowest BCUT2D eigenvalue weighted by Gasteiger charge is -2.41. The number of hydrogen-bond acceptors (Lipinski definition) is 7. The number of carbonyl (C=O) groups excluding carboxylic acids is 1. The zero-order valence-electron chi connectivity index (χ0n) is 29.3. The third kappa shape index (κ3) is 7.35. The molecule has 0 N–H and O–H groups in total. The minimum Gasteiger partial charge on any atom is -0.490 e. The number of halogens is 2. The molecule has 0 spiro atoms. The number of hydrogen-bond donors (Lipinski definition) is 0. The Morgan fingerprint density at radius 1 is 1.06 bits per heavy atom. The molecule has 0 unspecified atom stereocenters. The van der Waals surface area contributed by atoms with Gasteiger partial charge in [-0.15, -0.1) is 0 Å². The first-order valence-electron chi connectivity index (χ1n) is 16.8. The molecule has 3 aliphatic heterocycles. The van der Waals surface area contributed by atoms with E-state index >= 15 is 0 Å². The summed E-state index contributed by atoms with van der Waals surface area (Å²) >= 11 is 0. The molecule has 2 aromatic carbocycles. The molecule has 5 heterocycles. The molecule has 0 amide bonds. The third-order valence-corrected chi connectivity index (χ3v) is 9.22. The van der Waals surface area contributed by atoms with Crippen LogP contribution in [-0.4, -0.2) is 59.5 Å². The van der Waals surface area contributed by atoms with Gasteiger partial charge in [-0.3, -0.25) is 4.40 Å². The van der Waals surface area contributed by atoms with Gasteiger partial charge < -0.3 is 23.8 Å². The average Bonchev–Trinajstić information content (AvgIpc) is 3.47. The largest absolute Gasteiger partial charge is 0.490 e. The fourth-order valence-corrected chi connectivity index (χ4v) is 6.62. The van der Waals surface area contributed by atoms with E-state index in [0.717, 1.165) is 41.4 Å². The van der Waals surface area contributed by atoms with Gasteiger partial charge in [-0.25, -0.2) is 18.6 Å². The van der Waals surface area contributed by atoms with Gasteiger partial charge in [0.1, 0.15) is 17.2 Å². The molecule has 0 aliphatic carbocycles. The maximum Gasteiger partial charge on any atom is 0.339 e. The van der Waals surface area contributed by atoms with Crippen LogP contribution in [0.4, 0.5) is 14.6 Å². The Hall–Kier alpha value is -4.28. The van der Waals surface area contributed by atoms with E-state index < -0.39 is 29.3 Å². The topological polar surface area (TPSA) is 74.5 Å². The van der Waals surface area contributed by atoms with Crippen molar-refractivity contribution in [3.63, 3.8) is 0 Å². The maximum absolute atomic E-state index is 14.7. The van der Waals surface area contributed by atoms with E-state index in [1.807, 2.05) is 87.7 Å². The van der Waals surface area contributed by atoms with Crippen molar-refractivity contribution in [3.8, 4) is 28.1 Å². The first kappa shape index (κ1) is 34.6. The second-order valence-electron chi connectivity index (χ2n) is 14.3. The Kier molecular flexibility index (Phi) is 9.57. The Bertz CT molecular complexity index is 1890. The number of esters is 1. The van der Waals surface area contributed by atoms with Crippen LogP contribution in [0.3, 0.4) is 0 Å². The second-order valence-corrected chi connectivity index (χ2v) is 14.3. The number of imidazole rings is 1. The molecule has 6 bridgehead atoms. The summed E-state index contributed by atoms with van der Waals surface area (Å²) in [6, 6.07) is 11.8. The molecule has 49 heavy (non-hydrogen) atoms. The number of fused-ring (bicyclic) bond motifs is 7. The minimum absolute atomic E-state index is 0.255. The van der Waals surface area contributed by atoms with Gasteiger partial charge in [0.05, 0.1) is 36.7 Å². The van der Waals surface area contributed by atoms with Crippen molar-refractivity contribution in [3.05, 3.63) is 83.6 Å². The lowest BCUT2D eigenvalue weighted by atomic mass is 9.92. The number of anilines is 1. The van der Waals surface area contributed by atoms with E-state index in [-0.39, 0.29) is 17.5 Å². The van der Waals surface area contributed by atoms with Gasteiger partial charge in [0, 0.05) is 48.5 Å². The standard InChI is InChI=1S/C39H45F2N3O5/c1-24-19-33-42-31-23-44(33)36(34(24)35(37(45)46-7)49-38(3,4)5)43-16-14-39(6,15-17-43)47-18-9-8-11-25(2)48-32-22-30(41)29(40)21-28(32)26-12-10-13-27(31)20-26/h8-10,12-13,19-23,25,35H,11,14-18H2,1-7H3/b9-8-/t25-,35-/m0/s1. The van der Waals surface area contributed by atoms with Gasteiger partial charge in [0.25, 0.3) is 0 Å². The van der Waals surface area contributed by atoms with Gasteiger partial charge in [0.2, 0.25) is 0 Å². The van der Waals surface area contributed by atoms with Crippen molar-refractivity contribution in [2.75, 3.05) is 31.7 Å². The molecule has 10 heteroatoms. The van der Waals surface area contributed by atoms with E-state index in [1.54, 1.807) is 0 Å². The lowest BCUT2D eigenvalue weighted by molar-refractivity contribution is -0.164. The molecule has 1 saturated heterocycles. The number of rotatable bonds is 3. The summed E-state index contributed by atoms with van der Waals surface area (Å²) in [5, 5.41) is 0. The van der Waals surface area contributed by atoms with E-state index in [9.17, 15) is 13.6 Å². The molecule has 1 fully saturated rings. The normalized spacial score (nSPS) is 21.2. The van der Waals surface area contributed by atoms with Crippen LogP contribution in [0, 0.1) is 18.6 Å². The maximum atomic E-state index is 14.7. The molecule has 7 rings (SSSR count). The summed E-state index contributed by atoms with van der Waals surface area (Å²) in [5.41, 5.74) is 3.83. The average molecular weight is 674 g/mol. The molecule has 260 valence electrons. The van der Waals surface area contributed by atoms with Crippen molar-refractivity contribution in [2.24, 2.45) is 0 Å². The van der Waals surface area contributed by atoms with Crippen molar-refractivity contribution >= 4 is 17.4 Å². The van der Waals surface area contributed by atoms with Crippen LogP contribution in [0.25, 0.3) is 28.0 Å². The zero-order valence-corrected chi connectivity index (χ0v) is 29.3. The SMILES string of the molecule is COC(=O)[C@@H](OC(C)(C)C)c1c(C)cc2nc3cn2c1N1CCC(C)(CC1)OC/C=C\C[C@H](C)Oc1cc(F)c(F)cc1-c1cccc-3c1. The van der Waals surface area contributed by atoms with Gasteiger partial charge in [-0.05, 0) is 83.7 Å². The van der Waals surface area contributed by atoms with Crippen LogP contribution in [-0.2, 0) is 19.0 Å². The number of ether oxygens (including phenoxy) is 4. The van der Waals surface area contributed by atoms with Crippen molar-refractivity contribution in [1.29, 1.82) is 0 Å². The van der Waals surface area contributed by atoms with Gasteiger partial charge in [-0.2, -0.15) is 0 Å². The zero-order chi connectivity index (χ0) is 35.1. The summed E-state index contributed by atoms with van der Waals surface area (Å²) in [4.78, 5) is 20.7. The number of aryl methyl sites for hydroxylation is 1. The van der Waals surface area contributed by atoms with Gasteiger partial charge >= 0.3 is 5.97 Å². The predicted molar refractivity (Wildman–Crippen MR) is 186 cm³/mol. The number of pyridine rings is 1. The van der Waals surface area contributed by atoms with E-state index in [0.29, 0.717) is 48.6 Å². The highest BCUT2D eigenvalue weighted by Crippen LogP contribution is 2.41. The smallest absolute Gasteiger partial charge is 0.339 e. The van der Waals surface area contributed by atoms with Crippen LogP contribution in [0.5, 0.6) is 5.75 Å². The van der Waals surface area contributed by atoms with Crippen LogP contribution < -0.4 is 9.64 Å². The lowest BCUT2D eigenvalue weighted by Crippen LogP contribution is -2.45. The van der Waals surface area contributed by atoms with Crippen LogP contribution >= 0.6 is 0 Å². The summed E-state index contributed by atoms with van der Waals surface area (Å²) < 4.78 is 55.5. The summed E-state index contributed by atoms with van der Waals surface area (Å²) in [5.74, 6) is -1.35. The molecule has 0 saturated carbocycles. The molecule has 2 aromatic heterocycles. The molecule has 4 aromatic rings. The van der Waals surface area contributed by atoms with E-state index in [1.165, 1.54) is 13.2 Å². The fraction of sp³-hybridized carbons (Fsp3) is 0.436. The molecular formula is C39H45F2N3O5. The van der Waals surface area contributed by atoms with Crippen molar-refractivity contribution in [2.45, 2.75) is 84.2 Å². The third-order valence-electron chi connectivity index (χ3n) is 9.22.